The molecule has 0 aromatic heterocycles. The molecule has 5 nitrogen and oxygen atoms in total. The largest absolute Gasteiger partial charge is 0.328 e. The Labute approximate surface area is 125 Å². The van der Waals surface area contributed by atoms with E-state index in [1.54, 1.807) is 24.3 Å². The topological polar surface area (TPSA) is 82.2 Å². The molecule has 112 valence electrons. The van der Waals surface area contributed by atoms with Gasteiger partial charge in [-0.2, -0.15) is 5.26 Å². The Morgan fingerprint density at radius 2 is 2.24 bits per heavy atom. The Bertz CT molecular complexity index is 518. The van der Waals surface area contributed by atoms with Gasteiger partial charge >= 0.3 is 0 Å². The molecule has 1 aliphatic heterocycles. The molecule has 2 atom stereocenters. The first-order valence-electron chi connectivity index (χ1n) is 7.36. The van der Waals surface area contributed by atoms with Crippen LogP contribution in [0.1, 0.15) is 25.3 Å². The van der Waals surface area contributed by atoms with Crippen LogP contribution in [0.15, 0.2) is 24.3 Å². The van der Waals surface area contributed by atoms with Crippen LogP contribution in [0, 0.1) is 17.2 Å². The normalized spacial score (nSPS) is 20.0. The Morgan fingerprint density at radius 1 is 1.52 bits per heavy atom. The zero-order valence-electron chi connectivity index (χ0n) is 12.4. The molecule has 2 rings (SSSR count). The standard InChI is InChI=1S/C16H22N4O/c1-12(18)14-6-8-20(11-14)9-7-16(21)19-15-4-2-13(10-17)3-5-15/h2-5,12,14H,6-9,11,18H2,1H3,(H,19,21). The minimum atomic E-state index is 0.00366. The van der Waals surface area contributed by atoms with Crippen molar-refractivity contribution in [2.24, 2.45) is 11.7 Å². The van der Waals surface area contributed by atoms with E-state index < -0.39 is 0 Å². The summed E-state index contributed by atoms with van der Waals surface area (Å²) in [5, 5.41) is 11.6. The second-order valence-corrected chi connectivity index (χ2v) is 5.70. The zero-order chi connectivity index (χ0) is 15.2. The summed E-state index contributed by atoms with van der Waals surface area (Å²) in [4.78, 5) is 14.2. The van der Waals surface area contributed by atoms with Crippen molar-refractivity contribution in [1.29, 1.82) is 5.26 Å². The lowest BCUT2D eigenvalue weighted by Gasteiger charge is -2.17. The van der Waals surface area contributed by atoms with Gasteiger partial charge in [0.15, 0.2) is 0 Å². The van der Waals surface area contributed by atoms with Crippen LogP contribution in [0.5, 0.6) is 0 Å². The Hall–Kier alpha value is -1.90. The van der Waals surface area contributed by atoms with Crippen LogP contribution in [0.2, 0.25) is 0 Å². The van der Waals surface area contributed by atoms with Crippen molar-refractivity contribution in [2.45, 2.75) is 25.8 Å². The highest BCUT2D eigenvalue weighted by Crippen LogP contribution is 2.18. The molecule has 2 unspecified atom stereocenters. The molecule has 5 heteroatoms. The molecule has 1 aliphatic rings. The predicted octanol–water partition coefficient (Wildman–Crippen LogP) is 1.56. The molecule has 1 aromatic rings. The van der Waals surface area contributed by atoms with E-state index in [-0.39, 0.29) is 11.9 Å². The van der Waals surface area contributed by atoms with Crippen molar-refractivity contribution >= 4 is 11.6 Å². The maximum Gasteiger partial charge on any atom is 0.225 e. The lowest BCUT2D eigenvalue weighted by Crippen LogP contribution is -2.31. The third-order valence-corrected chi connectivity index (χ3v) is 4.01. The number of amides is 1. The lowest BCUT2D eigenvalue weighted by molar-refractivity contribution is -0.116. The Kier molecular flexibility index (Phi) is 5.32. The molecule has 1 amide bonds. The summed E-state index contributed by atoms with van der Waals surface area (Å²) in [7, 11) is 0. The molecule has 3 N–H and O–H groups in total. The van der Waals surface area contributed by atoms with Crippen LogP contribution in [0.25, 0.3) is 0 Å². The molecule has 1 heterocycles. The van der Waals surface area contributed by atoms with Crippen LogP contribution in [0.3, 0.4) is 0 Å². The van der Waals surface area contributed by atoms with Gasteiger partial charge in [0.05, 0.1) is 11.6 Å². The van der Waals surface area contributed by atoms with Crippen LogP contribution in [-0.2, 0) is 4.79 Å². The van der Waals surface area contributed by atoms with Gasteiger partial charge in [-0.05, 0) is 50.1 Å². The van der Waals surface area contributed by atoms with Crippen molar-refractivity contribution < 1.29 is 4.79 Å². The number of hydrogen-bond donors (Lipinski definition) is 2. The quantitative estimate of drug-likeness (QED) is 0.860. The minimum absolute atomic E-state index is 0.00366. The van der Waals surface area contributed by atoms with Crippen molar-refractivity contribution in [3.05, 3.63) is 29.8 Å². The summed E-state index contributed by atoms with van der Waals surface area (Å²) < 4.78 is 0. The second kappa shape index (κ2) is 7.21. The number of likely N-dealkylation sites (tertiary alicyclic amines) is 1. The smallest absolute Gasteiger partial charge is 0.225 e. The number of anilines is 1. The van der Waals surface area contributed by atoms with Gasteiger partial charge in [-0.1, -0.05) is 0 Å². The summed E-state index contributed by atoms with van der Waals surface area (Å²) in [6.45, 7) is 4.83. The number of carbonyl (C=O) groups excluding carboxylic acids is 1. The van der Waals surface area contributed by atoms with E-state index in [4.69, 9.17) is 11.0 Å². The van der Waals surface area contributed by atoms with Gasteiger partial charge < -0.3 is 16.0 Å². The maximum absolute atomic E-state index is 11.9. The molecule has 1 saturated heterocycles. The molecular weight excluding hydrogens is 264 g/mol. The van der Waals surface area contributed by atoms with Gasteiger partial charge in [-0.25, -0.2) is 0 Å². The van der Waals surface area contributed by atoms with E-state index >= 15 is 0 Å². The van der Waals surface area contributed by atoms with Crippen LogP contribution in [-0.4, -0.2) is 36.5 Å². The number of hydrogen-bond acceptors (Lipinski definition) is 4. The number of carbonyl (C=O) groups is 1. The van der Waals surface area contributed by atoms with E-state index in [0.717, 1.165) is 31.7 Å². The molecule has 21 heavy (non-hydrogen) atoms. The predicted molar refractivity (Wildman–Crippen MR) is 82.6 cm³/mol. The minimum Gasteiger partial charge on any atom is -0.328 e. The highest BCUT2D eigenvalue weighted by atomic mass is 16.1. The number of nitriles is 1. The Balaban J connectivity index is 1.74. The number of rotatable bonds is 5. The van der Waals surface area contributed by atoms with Crippen molar-refractivity contribution in [2.75, 3.05) is 25.0 Å². The zero-order valence-corrected chi connectivity index (χ0v) is 12.4. The summed E-state index contributed by atoms with van der Waals surface area (Å²) in [5.74, 6) is 0.551. The number of nitrogens with two attached hydrogens (primary N) is 1. The van der Waals surface area contributed by atoms with E-state index in [2.05, 4.69) is 16.3 Å². The number of nitrogens with zero attached hydrogens (tertiary/aromatic N) is 2. The average Bonchev–Trinajstić information content (AvgIpc) is 2.95. The van der Waals surface area contributed by atoms with E-state index in [9.17, 15) is 4.79 Å². The fourth-order valence-electron chi connectivity index (χ4n) is 2.61. The van der Waals surface area contributed by atoms with Crippen molar-refractivity contribution in [1.82, 2.24) is 4.90 Å². The van der Waals surface area contributed by atoms with Gasteiger partial charge in [-0.3, -0.25) is 4.79 Å². The van der Waals surface area contributed by atoms with Crippen LogP contribution < -0.4 is 11.1 Å². The van der Waals surface area contributed by atoms with Gasteiger partial charge in [0.2, 0.25) is 5.91 Å². The van der Waals surface area contributed by atoms with Gasteiger partial charge in [0, 0.05) is 31.2 Å². The highest BCUT2D eigenvalue weighted by Gasteiger charge is 2.25. The molecule has 1 aromatic carbocycles. The molecule has 0 bridgehead atoms. The first-order chi connectivity index (χ1) is 10.1. The SMILES string of the molecule is CC(N)C1CCN(CCC(=O)Nc2ccc(C#N)cc2)C1. The summed E-state index contributed by atoms with van der Waals surface area (Å²) in [5.41, 5.74) is 7.23. The molecule has 0 aliphatic carbocycles. The average molecular weight is 286 g/mol. The van der Waals surface area contributed by atoms with E-state index in [1.807, 2.05) is 6.92 Å². The van der Waals surface area contributed by atoms with Crippen molar-refractivity contribution in [3.8, 4) is 6.07 Å². The third kappa shape index (κ3) is 4.55. The van der Waals surface area contributed by atoms with E-state index in [0.29, 0.717) is 17.9 Å². The van der Waals surface area contributed by atoms with Gasteiger partial charge in [0.25, 0.3) is 0 Å². The third-order valence-electron chi connectivity index (χ3n) is 4.01. The van der Waals surface area contributed by atoms with Crippen LogP contribution >= 0.6 is 0 Å². The monoisotopic (exact) mass is 286 g/mol. The second-order valence-electron chi connectivity index (χ2n) is 5.70. The van der Waals surface area contributed by atoms with Crippen LogP contribution in [0.4, 0.5) is 5.69 Å². The van der Waals surface area contributed by atoms with Crippen molar-refractivity contribution in [3.63, 3.8) is 0 Å². The molecule has 0 spiro atoms. The maximum atomic E-state index is 11.9. The van der Waals surface area contributed by atoms with Gasteiger partial charge in [0.1, 0.15) is 0 Å². The fourth-order valence-corrected chi connectivity index (χ4v) is 2.61. The molecule has 1 fully saturated rings. The lowest BCUT2D eigenvalue weighted by atomic mass is 10.0. The summed E-state index contributed by atoms with van der Waals surface area (Å²) >= 11 is 0. The summed E-state index contributed by atoms with van der Waals surface area (Å²) in [6, 6.07) is 9.17. The number of benzene rings is 1. The number of nitrogens with one attached hydrogen (secondary N) is 1. The first kappa shape index (κ1) is 15.5. The van der Waals surface area contributed by atoms with E-state index in [1.165, 1.54) is 0 Å². The Morgan fingerprint density at radius 3 is 2.81 bits per heavy atom. The first-order valence-corrected chi connectivity index (χ1v) is 7.36. The molecular formula is C16H22N4O. The highest BCUT2D eigenvalue weighted by molar-refractivity contribution is 5.90. The molecule has 0 radical (unpaired) electrons. The fraction of sp³-hybridized carbons (Fsp3) is 0.500. The molecule has 0 saturated carbocycles. The summed E-state index contributed by atoms with van der Waals surface area (Å²) in [6.07, 6.45) is 1.60. The van der Waals surface area contributed by atoms with Gasteiger partial charge in [-0.15, -0.1) is 0 Å².